The lowest BCUT2D eigenvalue weighted by Gasteiger charge is -2.11. The summed E-state index contributed by atoms with van der Waals surface area (Å²) in [6.07, 6.45) is -2.81. The number of imide groups is 1. The first-order valence-electron chi connectivity index (χ1n) is 4.47. The molecular formula is C8H9NO7. The second-order valence-corrected chi connectivity index (χ2v) is 2.71. The molecule has 0 atom stereocenters. The van der Waals surface area contributed by atoms with E-state index in [1.807, 2.05) is 0 Å². The summed E-state index contributed by atoms with van der Waals surface area (Å²) in [7, 11) is 0. The van der Waals surface area contributed by atoms with Crippen molar-refractivity contribution in [3.63, 3.8) is 0 Å². The molecule has 0 aromatic carbocycles. The Labute approximate surface area is 90.0 Å². The number of carbonyl (C=O) groups is 4. The van der Waals surface area contributed by atoms with Gasteiger partial charge in [0, 0.05) is 12.8 Å². The molecule has 1 rings (SSSR count). The molecule has 0 radical (unpaired) electrons. The highest BCUT2D eigenvalue weighted by molar-refractivity contribution is 6.01. The van der Waals surface area contributed by atoms with Crippen molar-refractivity contribution in [3.8, 4) is 0 Å². The summed E-state index contributed by atoms with van der Waals surface area (Å²) >= 11 is 0. The molecular weight excluding hydrogens is 222 g/mol. The normalized spacial score (nSPS) is 14.9. The SMILES string of the molecule is CCOC(=O)OC(=O)ON1C(=O)CCC1=O. The second-order valence-electron chi connectivity index (χ2n) is 2.71. The number of amides is 2. The molecule has 1 saturated heterocycles. The van der Waals surface area contributed by atoms with Crippen LogP contribution in [0.5, 0.6) is 0 Å². The Morgan fingerprint density at radius 3 is 2.25 bits per heavy atom. The van der Waals surface area contributed by atoms with Gasteiger partial charge in [-0.1, -0.05) is 5.06 Å². The van der Waals surface area contributed by atoms with Gasteiger partial charge in [0.15, 0.2) is 0 Å². The summed E-state index contributed by atoms with van der Waals surface area (Å²) in [5.41, 5.74) is 0. The van der Waals surface area contributed by atoms with Crippen molar-refractivity contribution >= 4 is 24.1 Å². The molecule has 0 bridgehead atoms. The summed E-state index contributed by atoms with van der Waals surface area (Å²) in [6.45, 7) is 1.54. The van der Waals surface area contributed by atoms with E-state index in [4.69, 9.17) is 0 Å². The van der Waals surface area contributed by atoms with Crippen LogP contribution in [0, 0.1) is 0 Å². The van der Waals surface area contributed by atoms with Gasteiger partial charge in [0.2, 0.25) is 0 Å². The summed E-state index contributed by atoms with van der Waals surface area (Å²) < 4.78 is 8.26. The number of ether oxygens (including phenoxy) is 2. The minimum absolute atomic E-state index is 0.0215. The Morgan fingerprint density at radius 1 is 1.19 bits per heavy atom. The van der Waals surface area contributed by atoms with E-state index >= 15 is 0 Å². The van der Waals surface area contributed by atoms with Gasteiger partial charge in [-0.15, -0.1) is 0 Å². The number of hydrogen-bond donors (Lipinski definition) is 0. The predicted octanol–water partition coefficient (Wildman–Crippen LogP) is 0.360. The molecule has 0 unspecified atom stereocenters. The molecule has 8 heteroatoms. The smallest absolute Gasteiger partial charge is 0.434 e. The van der Waals surface area contributed by atoms with E-state index in [-0.39, 0.29) is 24.5 Å². The molecule has 1 heterocycles. The first-order chi connectivity index (χ1) is 7.54. The van der Waals surface area contributed by atoms with Crippen molar-refractivity contribution in [2.75, 3.05) is 6.61 Å². The number of nitrogens with zero attached hydrogens (tertiary/aromatic N) is 1. The minimum atomic E-state index is -1.48. The van der Waals surface area contributed by atoms with E-state index in [2.05, 4.69) is 14.3 Å². The molecule has 0 spiro atoms. The summed E-state index contributed by atoms with van der Waals surface area (Å²) in [4.78, 5) is 47.7. The average Bonchev–Trinajstić information content (AvgIpc) is 2.49. The van der Waals surface area contributed by atoms with Gasteiger partial charge in [0.05, 0.1) is 6.61 Å². The number of hydroxylamine groups is 2. The highest BCUT2D eigenvalue weighted by Gasteiger charge is 2.34. The van der Waals surface area contributed by atoms with Gasteiger partial charge >= 0.3 is 12.3 Å². The first kappa shape index (κ1) is 12.0. The van der Waals surface area contributed by atoms with E-state index in [0.29, 0.717) is 0 Å². The van der Waals surface area contributed by atoms with Crippen LogP contribution >= 0.6 is 0 Å². The van der Waals surface area contributed by atoms with Gasteiger partial charge in [0.25, 0.3) is 11.8 Å². The molecule has 88 valence electrons. The van der Waals surface area contributed by atoms with Gasteiger partial charge < -0.3 is 9.47 Å². The highest BCUT2D eigenvalue weighted by atomic mass is 16.9. The molecule has 8 nitrogen and oxygen atoms in total. The number of rotatable bonds is 2. The quantitative estimate of drug-likeness (QED) is 0.384. The minimum Gasteiger partial charge on any atom is -0.434 e. The van der Waals surface area contributed by atoms with Crippen LogP contribution in [0.4, 0.5) is 9.59 Å². The second kappa shape index (κ2) is 5.10. The van der Waals surface area contributed by atoms with Crippen molar-refractivity contribution in [2.24, 2.45) is 0 Å². The van der Waals surface area contributed by atoms with Crippen molar-refractivity contribution < 1.29 is 33.5 Å². The van der Waals surface area contributed by atoms with Crippen molar-refractivity contribution in [1.29, 1.82) is 0 Å². The van der Waals surface area contributed by atoms with Crippen LogP contribution in [0.1, 0.15) is 19.8 Å². The fourth-order valence-corrected chi connectivity index (χ4v) is 0.966. The Bertz CT molecular complexity index is 321. The Balaban J connectivity index is 2.42. The van der Waals surface area contributed by atoms with Crippen LogP contribution in [0.25, 0.3) is 0 Å². The molecule has 1 aliphatic heterocycles. The van der Waals surface area contributed by atoms with Crippen molar-refractivity contribution in [2.45, 2.75) is 19.8 Å². The van der Waals surface area contributed by atoms with Crippen molar-refractivity contribution in [3.05, 3.63) is 0 Å². The third kappa shape index (κ3) is 2.94. The van der Waals surface area contributed by atoms with Crippen LogP contribution in [0.15, 0.2) is 0 Å². The third-order valence-corrected chi connectivity index (χ3v) is 1.60. The van der Waals surface area contributed by atoms with Crippen LogP contribution in [0.2, 0.25) is 0 Å². The maximum atomic E-state index is 11.0. The maximum absolute atomic E-state index is 11.0. The molecule has 0 saturated carbocycles. The zero-order chi connectivity index (χ0) is 12.1. The van der Waals surface area contributed by atoms with Crippen LogP contribution in [0.3, 0.4) is 0 Å². The van der Waals surface area contributed by atoms with Gasteiger partial charge in [-0.25, -0.2) is 9.59 Å². The lowest BCUT2D eigenvalue weighted by atomic mass is 10.4. The molecule has 0 aliphatic carbocycles. The highest BCUT2D eigenvalue weighted by Crippen LogP contribution is 2.12. The van der Waals surface area contributed by atoms with E-state index in [1.165, 1.54) is 6.92 Å². The first-order valence-corrected chi connectivity index (χ1v) is 4.47. The van der Waals surface area contributed by atoms with Crippen LogP contribution in [-0.2, 0) is 23.9 Å². The van der Waals surface area contributed by atoms with E-state index in [1.54, 1.807) is 0 Å². The molecule has 1 aliphatic rings. The number of carbonyl (C=O) groups excluding carboxylic acids is 4. The van der Waals surface area contributed by atoms with E-state index in [9.17, 15) is 19.2 Å². The van der Waals surface area contributed by atoms with Gasteiger partial charge in [-0.3, -0.25) is 14.4 Å². The molecule has 0 aromatic heterocycles. The van der Waals surface area contributed by atoms with Crippen LogP contribution < -0.4 is 0 Å². The molecule has 1 fully saturated rings. The monoisotopic (exact) mass is 231 g/mol. The van der Waals surface area contributed by atoms with Crippen LogP contribution in [-0.4, -0.2) is 35.8 Å². The maximum Gasteiger partial charge on any atom is 0.544 e. The lowest BCUT2D eigenvalue weighted by molar-refractivity contribution is -0.176. The lowest BCUT2D eigenvalue weighted by Crippen LogP contribution is -2.33. The standard InChI is InChI=1S/C8H9NO7/c1-2-14-7(12)15-8(13)16-9-5(10)3-4-6(9)11/h2-4H2,1H3. The Hall–Kier alpha value is -2.12. The van der Waals surface area contributed by atoms with Crippen molar-refractivity contribution in [1.82, 2.24) is 5.06 Å². The van der Waals surface area contributed by atoms with Gasteiger partial charge in [0.1, 0.15) is 0 Å². The molecule has 0 N–H and O–H groups in total. The predicted molar refractivity (Wildman–Crippen MR) is 45.7 cm³/mol. The topological polar surface area (TPSA) is 99.2 Å². The molecule has 16 heavy (non-hydrogen) atoms. The zero-order valence-corrected chi connectivity index (χ0v) is 8.43. The third-order valence-electron chi connectivity index (χ3n) is 1.60. The molecule has 2 amide bonds. The fraction of sp³-hybridized carbons (Fsp3) is 0.500. The van der Waals surface area contributed by atoms with E-state index in [0.717, 1.165) is 0 Å². The fourth-order valence-electron chi connectivity index (χ4n) is 0.966. The average molecular weight is 231 g/mol. The molecule has 0 aromatic rings. The Morgan fingerprint density at radius 2 is 1.75 bits per heavy atom. The van der Waals surface area contributed by atoms with Gasteiger partial charge in [-0.2, -0.15) is 0 Å². The van der Waals surface area contributed by atoms with E-state index < -0.39 is 24.1 Å². The summed E-state index contributed by atoms with van der Waals surface area (Å²) in [5.74, 6) is -1.32. The summed E-state index contributed by atoms with van der Waals surface area (Å²) in [5, 5.41) is 0.265. The van der Waals surface area contributed by atoms with Gasteiger partial charge in [-0.05, 0) is 6.92 Å². The number of hydrogen-bond acceptors (Lipinski definition) is 7. The zero-order valence-electron chi connectivity index (χ0n) is 8.43. The summed E-state index contributed by atoms with van der Waals surface area (Å²) in [6, 6.07) is 0. The largest absolute Gasteiger partial charge is 0.544 e. The Kier molecular flexibility index (Phi) is 3.81.